The minimum atomic E-state index is -0.395. The first kappa shape index (κ1) is 16.2. The number of nitrogens with one attached hydrogen (secondary N) is 1. The predicted molar refractivity (Wildman–Crippen MR) is 98.9 cm³/mol. The van der Waals surface area contributed by atoms with Crippen molar-refractivity contribution in [3.63, 3.8) is 0 Å². The number of ether oxygens (including phenoxy) is 1. The summed E-state index contributed by atoms with van der Waals surface area (Å²) in [7, 11) is 1.67. The number of benzene rings is 2. The highest BCUT2D eigenvalue weighted by Crippen LogP contribution is 2.52. The van der Waals surface area contributed by atoms with Crippen molar-refractivity contribution < 1.29 is 9.53 Å². The SMILES string of the molecule is COc1ccccc1C1(C(=O)NCC2(c3ccccc3)CCC2)CC1. The number of carbonyl (C=O) groups is 1. The second-order valence-corrected chi connectivity index (χ2v) is 7.46. The first-order valence-corrected chi connectivity index (χ1v) is 9.18. The average Bonchev–Trinajstić information content (AvgIpc) is 3.43. The van der Waals surface area contributed by atoms with Gasteiger partial charge in [0.2, 0.25) is 5.91 Å². The molecule has 0 aromatic heterocycles. The first-order valence-electron chi connectivity index (χ1n) is 9.18. The smallest absolute Gasteiger partial charge is 0.230 e. The fraction of sp³-hybridized carbons (Fsp3) is 0.409. The summed E-state index contributed by atoms with van der Waals surface area (Å²) in [5.41, 5.74) is 2.10. The van der Waals surface area contributed by atoms with E-state index >= 15 is 0 Å². The topological polar surface area (TPSA) is 38.3 Å². The molecule has 0 unspecified atom stereocenters. The summed E-state index contributed by atoms with van der Waals surface area (Å²) in [6.45, 7) is 0.729. The maximum Gasteiger partial charge on any atom is 0.230 e. The third-order valence-corrected chi connectivity index (χ3v) is 6.09. The first-order chi connectivity index (χ1) is 12.2. The molecule has 0 radical (unpaired) electrons. The van der Waals surface area contributed by atoms with Gasteiger partial charge < -0.3 is 10.1 Å². The molecule has 0 aliphatic heterocycles. The van der Waals surface area contributed by atoms with Gasteiger partial charge in [-0.15, -0.1) is 0 Å². The Bertz CT molecular complexity index is 761. The Balaban J connectivity index is 1.51. The number of amides is 1. The Kier molecular flexibility index (Phi) is 4.03. The van der Waals surface area contributed by atoms with Crippen molar-refractivity contribution in [1.82, 2.24) is 5.32 Å². The molecule has 2 fully saturated rings. The van der Waals surface area contributed by atoms with E-state index < -0.39 is 5.41 Å². The van der Waals surface area contributed by atoms with Crippen molar-refractivity contribution in [2.75, 3.05) is 13.7 Å². The van der Waals surface area contributed by atoms with E-state index in [0.717, 1.165) is 43.5 Å². The molecule has 130 valence electrons. The molecule has 0 atom stereocenters. The molecule has 2 aromatic rings. The summed E-state index contributed by atoms with van der Waals surface area (Å²) in [6.07, 6.45) is 5.34. The number of hydrogen-bond acceptors (Lipinski definition) is 2. The molecular weight excluding hydrogens is 310 g/mol. The Morgan fingerprint density at radius 3 is 2.28 bits per heavy atom. The van der Waals surface area contributed by atoms with E-state index in [0.29, 0.717) is 0 Å². The van der Waals surface area contributed by atoms with Crippen molar-refractivity contribution in [3.8, 4) is 5.75 Å². The van der Waals surface area contributed by atoms with Crippen LogP contribution in [0.5, 0.6) is 5.75 Å². The van der Waals surface area contributed by atoms with E-state index in [4.69, 9.17) is 4.74 Å². The number of para-hydroxylation sites is 1. The molecule has 0 spiro atoms. The van der Waals surface area contributed by atoms with Gasteiger partial charge in [-0.1, -0.05) is 55.0 Å². The highest BCUT2D eigenvalue weighted by atomic mass is 16.5. The third-order valence-electron chi connectivity index (χ3n) is 6.09. The van der Waals surface area contributed by atoms with Gasteiger partial charge in [0, 0.05) is 17.5 Å². The molecule has 2 aliphatic carbocycles. The molecule has 0 bridgehead atoms. The highest BCUT2D eigenvalue weighted by Gasteiger charge is 2.53. The zero-order chi connectivity index (χ0) is 17.3. The molecule has 2 aromatic carbocycles. The number of rotatable bonds is 6. The lowest BCUT2D eigenvalue weighted by Crippen LogP contribution is -2.48. The van der Waals surface area contributed by atoms with Crippen molar-refractivity contribution in [2.24, 2.45) is 0 Å². The van der Waals surface area contributed by atoms with E-state index in [9.17, 15) is 4.79 Å². The van der Waals surface area contributed by atoms with E-state index in [1.54, 1.807) is 7.11 Å². The van der Waals surface area contributed by atoms with Crippen LogP contribution in [0.2, 0.25) is 0 Å². The second-order valence-electron chi connectivity index (χ2n) is 7.46. The molecule has 0 heterocycles. The van der Waals surface area contributed by atoms with Gasteiger partial charge in [-0.2, -0.15) is 0 Å². The van der Waals surface area contributed by atoms with Crippen LogP contribution < -0.4 is 10.1 Å². The van der Waals surface area contributed by atoms with Crippen LogP contribution in [0.15, 0.2) is 54.6 Å². The maximum atomic E-state index is 13.0. The lowest BCUT2D eigenvalue weighted by molar-refractivity contribution is -0.124. The normalized spacial score (nSPS) is 19.6. The monoisotopic (exact) mass is 335 g/mol. The van der Waals surface area contributed by atoms with Crippen molar-refractivity contribution >= 4 is 5.91 Å². The Labute approximate surface area is 149 Å². The molecule has 1 amide bonds. The summed E-state index contributed by atoms with van der Waals surface area (Å²) >= 11 is 0. The van der Waals surface area contributed by atoms with Crippen LogP contribution in [0.4, 0.5) is 0 Å². The summed E-state index contributed by atoms with van der Waals surface area (Å²) in [4.78, 5) is 13.0. The van der Waals surface area contributed by atoms with Gasteiger partial charge >= 0.3 is 0 Å². The molecule has 25 heavy (non-hydrogen) atoms. The van der Waals surface area contributed by atoms with Crippen LogP contribution in [0.1, 0.15) is 43.2 Å². The second kappa shape index (κ2) is 6.21. The molecular formula is C22H25NO2. The van der Waals surface area contributed by atoms with Gasteiger partial charge in [0.25, 0.3) is 0 Å². The molecule has 4 rings (SSSR count). The van der Waals surface area contributed by atoms with Gasteiger partial charge in [0.05, 0.1) is 12.5 Å². The average molecular weight is 335 g/mol. The zero-order valence-electron chi connectivity index (χ0n) is 14.8. The Hall–Kier alpha value is -2.29. The summed E-state index contributed by atoms with van der Waals surface area (Å²) in [6, 6.07) is 18.5. The minimum Gasteiger partial charge on any atom is -0.496 e. The van der Waals surface area contributed by atoms with Gasteiger partial charge in [0.1, 0.15) is 5.75 Å². The van der Waals surface area contributed by atoms with Crippen LogP contribution >= 0.6 is 0 Å². The van der Waals surface area contributed by atoms with Crippen molar-refractivity contribution in [2.45, 2.75) is 42.9 Å². The largest absolute Gasteiger partial charge is 0.496 e. The van der Waals surface area contributed by atoms with Crippen LogP contribution in [0.3, 0.4) is 0 Å². The fourth-order valence-electron chi connectivity index (χ4n) is 4.17. The van der Waals surface area contributed by atoms with E-state index in [-0.39, 0.29) is 11.3 Å². The Morgan fingerprint density at radius 2 is 1.68 bits per heavy atom. The lowest BCUT2D eigenvalue weighted by Gasteiger charge is -2.43. The molecule has 3 heteroatoms. The number of methoxy groups -OCH3 is 1. The molecule has 3 nitrogen and oxygen atoms in total. The van der Waals surface area contributed by atoms with Gasteiger partial charge in [0.15, 0.2) is 0 Å². The predicted octanol–water partition coefficient (Wildman–Crippen LogP) is 3.96. The van der Waals surface area contributed by atoms with Gasteiger partial charge in [-0.3, -0.25) is 4.79 Å². The van der Waals surface area contributed by atoms with E-state index in [1.807, 2.05) is 24.3 Å². The molecule has 1 N–H and O–H groups in total. The van der Waals surface area contributed by atoms with Gasteiger partial charge in [-0.05, 0) is 37.3 Å². The molecule has 2 aliphatic rings. The van der Waals surface area contributed by atoms with Gasteiger partial charge in [-0.25, -0.2) is 0 Å². The summed E-state index contributed by atoms with van der Waals surface area (Å²) in [5, 5.41) is 3.28. The summed E-state index contributed by atoms with van der Waals surface area (Å²) in [5.74, 6) is 0.968. The standard InChI is InChI=1S/C22H25NO2/c1-25-19-11-6-5-10-18(19)22(14-15-22)20(24)23-16-21(12-7-13-21)17-8-3-2-4-9-17/h2-6,8-11H,7,12-16H2,1H3,(H,23,24). The fourth-order valence-corrected chi connectivity index (χ4v) is 4.17. The number of hydrogen-bond donors (Lipinski definition) is 1. The van der Waals surface area contributed by atoms with Crippen LogP contribution in [0.25, 0.3) is 0 Å². The van der Waals surface area contributed by atoms with Crippen molar-refractivity contribution in [3.05, 3.63) is 65.7 Å². The zero-order valence-corrected chi connectivity index (χ0v) is 14.8. The third kappa shape index (κ3) is 2.72. The maximum absolute atomic E-state index is 13.0. The Morgan fingerprint density at radius 1 is 1.00 bits per heavy atom. The van der Waals surface area contributed by atoms with Crippen LogP contribution in [-0.2, 0) is 15.6 Å². The molecule has 2 saturated carbocycles. The number of carbonyl (C=O) groups excluding carboxylic acids is 1. The van der Waals surface area contributed by atoms with Crippen LogP contribution in [0, 0.1) is 0 Å². The molecule has 0 saturated heterocycles. The summed E-state index contributed by atoms with van der Waals surface area (Å²) < 4.78 is 5.49. The van der Waals surface area contributed by atoms with E-state index in [1.165, 1.54) is 12.0 Å². The minimum absolute atomic E-state index is 0.119. The van der Waals surface area contributed by atoms with Crippen molar-refractivity contribution in [1.29, 1.82) is 0 Å². The quantitative estimate of drug-likeness (QED) is 0.867. The van der Waals surface area contributed by atoms with E-state index in [2.05, 4.69) is 35.6 Å². The van der Waals surface area contributed by atoms with Crippen LogP contribution in [-0.4, -0.2) is 19.6 Å². The highest BCUT2D eigenvalue weighted by molar-refractivity contribution is 5.92. The lowest BCUT2D eigenvalue weighted by atomic mass is 9.64.